The lowest BCUT2D eigenvalue weighted by molar-refractivity contribution is 0.677. The van der Waals surface area contributed by atoms with Crippen LogP contribution in [0.25, 0.3) is 10.9 Å². The minimum atomic E-state index is -0.217. The van der Waals surface area contributed by atoms with Gasteiger partial charge in [-0.15, -0.1) is 5.10 Å². The van der Waals surface area contributed by atoms with Crippen LogP contribution < -0.4 is 5.73 Å². The number of rotatable bonds is 3. The molecule has 1 atom stereocenters. The molecule has 0 amide bonds. The summed E-state index contributed by atoms with van der Waals surface area (Å²) in [7, 11) is 1.84. The van der Waals surface area contributed by atoms with E-state index in [1.165, 1.54) is 0 Å². The number of hydrogen-bond donors (Lipinski definition) is 1. The Hall–Kier alpha value is -1.79. The van der Waals surface area contributed by atoms with Gasteiger partial charge in [-0.3, -0.25) is 4.68 Å². The summed E-state index contributed by atoms with van der Waals surface area (Å²) < 4.78 is 2.60. The fraction of sp³-hybridized carbons (Fsp3) is 0.214. The van der Waals surface area contributed by atoms with Crippen LogP contribution in [0.4, 0.5) is 0 Å². The first-order valence-corrected chi connectivity index (χ1v) is 7.09. The Morgan fingerprint density at radius 3 is 2.90 bits per heavy atom. The van der Waals surface area contributed by atoms with Crippen LogP contribution in [0.15, 0.2) is 41.0 Å². The normalized spacial score (nSPS) is 12.8. The Morgan fingerprint density at radius 2 is 2.15 bits per heavy atom. The highest BCUT2D eigenvalue weighted by molar-refractivity contribution is 9.10. The first-order valence-electron chi connectivity index (χ1n) is 6.29. The first kappa shape index (κ1) is 13.2. The summed E-state index contributed by atoms with van der Waals surface area (Å²) in [6.07, 6.45) is 2.48. The van der Waals surface area contributed by atoms with Gasteiger partial charge in [0.05, 0.1) is 22.9 Å². The molecule has 0 spiro atoms. The molecular formula is C14H14BrN5. The molecule has 0 radical (unpaired) electrons. The number of fused-ring (bicyclic) bond motifs is 1. The molecule has 1 aromatic carbocycles. The molecule has 3 rings (SSSR count). The van der Waals surface area contributed by atoms with Crippen LogP contribution in [0.5, 0.6) is 0 Å². The van der Waals surface area contributed by atoms with Crippen molar-refractivity contribution in [3.63, 3.8) is 0 Å². The van der Waals surface area contributed by atoms with Gasteiger partial charge in [-0.2, -0.15) is 0 Å². The Kier molecular flexibility index (Phi) is 3.50. The van der Waals surface area contributed by atoms with Gasteiger partial charge in [-0.1, -0.05) is 23.4 Å². The standard InChI is InChI=1S/C14H14BrN5/c1-20-8-10(18-19-20)7-12(16)14-11(15)6-9-4-2-3-5-13(9)17-14/h2-6,8,12H,7,16H2,1H3. The number of nitrogens with zero attached hydrogens (tertiary/aromatic N) is 4. The zero-order valence-electron chi connectivity index (χ0n) is 11.0. The highest BCUT2D eigenvalue weighted by Gasteiger charge is 2.15. The van der Waals surface area contributed by atoms with E-state index in [4.69, 9.17) is 5.73 Å². The molecule has 5 nitrogen and oxygen atoms in total. The second-order valence-electron chi connectivity index (χ2n) is 4.74. The Bertz CT molecular complexity index is 752. The molecule has 102 valence electrons. The van der Waals surface area contributed by atoms with Gasteiger partial charge in [-0.25, -0.2) is 4.98 Å². The summed E-state index contributed by atoms with van der Waals surface area (Å²) in [5.74, 6) is 0. The largest absolute Gasteiger partial charge is 0.322 e. The summed E-state index contributed by atoms with van der Waals surface area (Å²) in [6.45, 7) is 0. The summed E-state index contributed by atoms with van der Waals surface area (Å²) in [4.78, 5) is 4.65. The highest BCUT2D eigenvalue weighted by Crippen LogP contribution is 2.26. The van der Waals surface area contributed by atoms with Crippen molar-refractivity contribution in [2.75, 3.05) is 0 Å². The molecule has 6 heteroatoms. The van der Waals surface area contributed by atoms with E-state index < -0.39 is 0 Å². The topological polar surface area (TPSA) is 69.6 Å². The monoisotopic (exact) mass is 331 g/mol. The van der Waals surface area contributed by atoms with Crippen molar-refractivity contribution in [1.82, 2.24) is 20.0 Å². The summed E-state index contributed by atoms with van der Waals surface area (Å²) in [5, 5.41) is 9.07. The minimum absolute atomic E-state index is 0.217. The number of aromatic nitrogens is 4. The molecule has 3 aromatic rings. The molecule has 2 N–H and O–H groups in total. The third kappa shape index (κ3) is 2.57. The smallest absolute Gasteiger partial charge is 0.0846 e. The van der Waals surface area contributed by atoms with Crippen molar-refractivity contribution < 1.29 is 0 Å². The average Bonchev–Trinajstić information content (AvgIpc) is 2.83. The predicted molar refractivity (Wildman–Crippen MR) is 81.1 cm³/mol. The number of para-hydroxylation sites is 1. The molecule has 0 saturated carbocycles. The summed E-state index contributed by atoms with van der Waals surface area (Å²) in [6, 6.07) is 9.82. The average molecular weight is 332 g/mol. The van der Waals surface area contributed by atoms with Crippen molar-refractivity contribution in [2.45, 2.75) is 12.5 Å². The Balaban J connectivity index is 1.94. The molecular weight excluding hydrogens is 318 g/mol. The molecule has 0 aliphatic rings. The maximum absolute atomic E-state index is 6.26. The van der Waals surface area contributed by atoms with Crippen LogP contribution in [-0.2, 0) is 13.5 Å². The van der Waals surface area contributed by atoms with E-state index in [1.807, 2.05) is 43.6 Å². The van der Waals surface area contributed by atoms with Crippen LogP contribution in [0, 0.1) is 0 Å². The van der Waals surface area contributed by atoms with Gasteiger partial charge in [0.2, 0.25) is 0 Å². The summed E-state index contributed by atoms with van der Waals surface area (Å²) in [5.41, 5.74) is 8.91. The second-order valence-corrected chi connectivity index (χ2v) is 5.60. The lowest BCUT2D eigenvalue weighted by atomic mass is 10.1. The molecule has 0 aliphatic heterocycles. The van der Waals surface area contributed by atoms with Crippen LogP contribution >= 0.6 is 15.9 Å². The molecule has 2 heterocycles. The lowest BCUT2D eigenvalue weighted by Gasteiger charge is -2.12. The highest BCUT2D eigenvalue weighted by atomic mass is 79.9. The van der Waals surface area contributed by atoms with Gasteiger partial charge in [0, 0.05) is 29.5 Å². The molecule has 0 fully saturated rings. The van der Waals surface area contributed by atoms with Gasteiger partial charge >= 0.3 is 0 Å². The van der Waals surface area contributed by atoms with Gasteiger partial charge in [0.25, 0.3) is 0 Å². The van der Waals surface area contributed by atoms with E-state index in [-0.39, 0.29) is 6.04 Å². The molecule has 0 aliphatic carbocycles. The van der Waals surface area contributed by atoms with Crippen LogP contribution in [0.2, 0.25) is 0 Å². The first-order chi connectivity index (χ1) is 9.63. The van der Waals surface area contributed by atoms with E-state index >= 15 is 0 Å². The fourth-order valence-electron chi connectivity index (χ4n) is 2.18. The SMILES string of the molecule is Cn1cc(CC(N)c2nc3ccccc3cc2Br)nn1. The maximum atomic E-state index is 6.26. The molecule has 0 bridgehead atoms. The quantitative estimate of drug-likeness (QED) is 0.799. The van der Waals surface area contributed by atoms with Crippen molar-refractivity contribution in [2.24, 2.45) is 12.8 Å². The van der Waals surface area contributed by atoms with Gasteiger partial charge in [-0.05, 0) is 28.1 Å². The number of pyridine rings is 1. The van der Waals surface area contributed by atoms with Gasteiger partial charge in [0.1, 0.15) is 0 Å². The van der Waals surface area contributed by atoms with Gasteiger partial charge < -0.3 is 5.73 Å². The lowest BCUT2D eigenvalue weighted by Crippen LogP contribution is -2.16. The van der Waals surface area contributed by atoms with Gasteiger partial charge in [0.15, 0.2) is 0 Å². The van der Waals surface area contributed by atoms with E-state index in [9.17, 15) is 0 Å². The van der Waals surface area contributed by atoms with E-state index in [1.54, 1.807) is 4.68 Å². The maximum Gasteiger partial charge on any atom is 0.0846 e. The van der Waals surface area contributed by atoms with E-state index in [0.29, 0.717) is 6.42 Å². The summed E-state index contributed by atoms with van der Waals surface area (Å²) >= 11 is 3.55. The third-order valence-corrected chi connectivity index (χ3v) is 3.77. The predicted octanol–water partition coefficient (Wildman–Crippen LogP) is 2.37. The number of nitrogens with two attached hydrogens (primary N) is 1. The van der Waals surface area contributed by atoms with Crippen LogP contribution in [0.1, 0.15) is 17.4 Å². The minimum Gasteiger partial charge on any atom is -0.322 e. The Morgan fingerprint density at radius 1 is 1.35 bits per heavy atom. The van der Waals surface area contributed by atoms with E-state index in [0.717, 1.165) is 26.8 Å². The third-order valence-electron chi connectivity index (χ3n) is 3.13. The second kappa shape index (κ2) is 5.30. The van der Waals surface area contributed by atoms with E-state index in [2.05, 4.69) is 31.2 Å². The molecule has 0 saturated heterocycles. The zero-order chi connectivity index (χ0) is 14.1. The number of halogens is 1. The van der Waals surface area contributed by atoms with Crippen molar-refractivity contribution in [3.8, 4) is 0 Å². The van der Waals surface area contributed by atoms with Crippen molar-refractivity contribution >= 4 is 26.8 Å². The fourth-order valence-corrected chi connectivity index (χ4v) is 2.81. The number of aryl methyl sites for hydroxylation is 1. The van der Waals surface area contributed by atoms with Crippen LogP contribution in [0.3, 0.4) is 0 Å². The number of benzene rings is 1. The molecule has 1 unspecified atom stereocenters. The molecule has 20 heavy (non-hydrogen) atoms. The van der Waals surface area contributed by atoms with Crippen LogP contribution in [-0.4, -0.2) is 20.0 Å². The zero-order valence-corrected chi connectivity index (χ0v) is 12.6. The van der Waals surface area contributed by atoms with Crippen molar-refractivity contribution in [1.29, 1.82) is 0 Å². The van der Waals surface area contributed by atoms with Crippen molar-refractivity contribution in [3.05, 3.63) is 52.4 Å². The number of hydrogen-bond acceptors (Lipinski definition) is 4. The molecule has 2 aromatic heterocycles. The Labute approximate surface area is 124 Å².